The smallest absolute Gasteiger partial charge is 0.504 e. The molecule has 0 atom stereocenters. The summed E-state index contributed by atoms with van der Waals surface area (Å²) in [5.41, 5.74) is 2.80. The van der Waals surface area contributed by atoms with E-state index in [0.29, 0.717) is 6.42 Å². The molecule has 0 radical (unpaired) electrons. The first-order chi connectivity index (χ1) is 11.0. The molecule has 0 amide bonds. The SMILES string of the molecule is CCCCCc1cc(CCC)c(OC(=O)O)c(O)c1CCCC. The lowest BCUT2D eigenvalue weighted by molar-refractivity contribution is 0.142. The minimum Gasteiger partial charge on any atom is -0.504 e. The summed E-state index contributed by atoms with van der Waals surface area (Å²) in [4.78, 5) is 11.0. The molecule has 0 saturated carbocycles. The molecule has 1 rings (SSSR count). The number of aromatic hydroxyl groups is 1. The molecule has 4 nitrogen and oxygen atoms in total. The van der Waals surface area contributed by atoms with Gasteiger partial charge in [0.15, 0.2) is 11.5 Å². The van der Waals surface area contributed by atoms with Gasteiger partial charge < -0.3 is 14.9 Å². The van der Waals surface area contributed by atoms with Gasteiger partial charge in [-0.1, -0.05) is 52.5 Å². The van der Waals surface area contributed by atoms with E-state index in [1.807, 2.05) is 13.0 Å². The third kappa shape index (κ3) is 5.77. The van der Waals surface area contributed by atoms with Crippen LogP contribution in [0.4, 0.5) is 4.79 Å². The minimum absolute atomic E-state index is 0.0262. The predicted octanol–water partition coefficient (Wildman–Crippen LogP) is 5.48. The number of phenolic OH excluding ortho intramolecular Hbond substituents is 1. The van der Waals surface area contributed by atoms with Crippen molar-refractivity contribution >= 4 is 6.16 Å². The highest BCUT2D eigenvalue weighted by atomic mass is 16.7. The van der Waals surface area contributed by atoms with Crippen LogP contribution in [0.5, 0.6) is 11.5 Å². The van der Waals surface area contributed by atoms with E-state index in [1.165, 1.54) is 0 Å². The maximum atomic E-state index is 11.0. The molecule has 0 aliphatic carbocycles. The van der Waals surface area contributed by atoms with Crippen molar-refractivity contribution in [2.45, 2.75) is 78.6 Å². The molecule has 2 N–H and O–H groups in total. The van der Waals surface area contributed by atoms with Gasteiger partial charge in [-0.2, -0.15) is 0 Å². The number of benzene rings is 1. The Morgan fingerprint density at radius 1 is 0.957 bits per heavy atom. The normalized spacial score (nSPS) is 10.7. The van der Waals surface area contributed by atoms with Crippen LogP contribution in [0.15, 0.2) is 6.07 Å². The molecule has 1 aromatic rings. The van der Waals surface area contributed by atoms with Crippen molar-refractivity contribution in [2.24, 2.45) is 0 Å². The van der Waals surface area contributed by atoms with Crippen LogP contribution in [-0.2, 0) is 19.3 Å². The molecule has 0 bridgehead atoms. The largest absolute Gasteiger partial charge is 0.511 e. The molecule has 0 saturated heterocycles. The van der Waals surface area contributed by atoms with Gasteiger partial charge in [0.1, 0.15) is 0 Å². The second-order valence-corrected chi connectivity index (χ2v) is 6.03. The average Bonchev–Trinajstić information content (AvgIpc) is 2.51. The highest BCUT2D eigenvalue weighted by Gasteiger charge is 2.20. The zero-order valence-corrected chi connectivity index (χ0v) is 14.7. The quantitative estimate of drug-likeness (QED) is 0.340. The molecule has 23 heavy (non-hydrogen) atoms. The predicted molar refractivity (Wildman–Crippen MR) is 92.6 cm³/mol. The lowest BCUT2D eigenvalue weighted by Crippen LogP contribution is -2.08. The minimum atomic E-state index is -1.38. The molecule has 0 spiro atoms. The first kappa shape index (κ1) is 19.3. The Balaban J connectivity index is 3.26. The number of hydrogen-bond donors (Lipinski definition) is 2. The van der Waals surface area contributed by atoms with Crippen LogP contribution in [0.3, 0.4) is 0 Å². The summed E-state index contributed by atoms with van der Waals surface area (Å²) in [7, 11) is 0. The number of carbonyl (C=O) groups is 1. The maximum Gasteiger partial charge on any atom is 0.511 e. The number of ether oxygens (including phenoxy) is 1. The van der Waals surface area contributed by atoms with Crippen molar-refractivity contribution in [2.75, 3.05) is 0 Å². The molecule has 130 valence electrons. The summed E-state index contributed by atoms with van der Waals surface area (Å²) >= 11 is 0. The Hall–Kier alpha value is -1.71. The van der Waals surface area contributed by atoms with Gasteiger partial charge in [-0.05, 0) is 43.2 Å². The van der Waals surface area contributed by atoms with Crippen LogP contribution in [0.2, 0.25) is 0 Å². The Labute approximate surface area is 139 Å². The van der Waals surface area contributed by atoms with Crippen LogP contribution in [0, 0.1) is 0 Å². The number of aryl methyl sites for hydroxylation is 2. The molecule has 4 heteroatoms. The molecule has 0 aliphatic heterocycles. The summed E-state index contributed by atoms with van der Waals surface area (Å²) in [5, 5.41) is 19.6. The number of phenols is 1. The van der Waals surface area contributed by atoms with Crippen molar-refractivity contribution in [3.8, 4) is 11.5 Å². The van der Waals surface area contributed by atoms with Gasteiger partial charge in [-0.3, -0.25) is 0 Å². The fraction of sp³-hybridized carbons (Fsp3) is 0.632. The van der Waals surface area contributed by atoms with E-state index >= 15 is 0 Å². The van der Waals surface area contributed by atoms with Gasteiger partial charge in [0.05, 0.1) is 0 Å². The zero-order chi connectivity index (χ0) is 17.2. The molecule has 0 fully saturated rings. The number of hydrogen-bond acceptors (Lipinski definition) is 3. The fourth-order valence-corrected chi connectivity index (χ4v) is 2.88. The summed E-state index contributed by atoms with van der Waals surface area (Å²) in [6.07, 6.45) is 7.26. The monoisotopic (exact) mass is 322 g/mol. The lowest BCUT2D eigenvalue weighted by Gasteiger charge is -2.18. The zero-order valence-electron chi connectivity index (χ0n) is 14.7. The van der Waals surface area contributed by atoms with Crippen molar-refractivity contribution < 1.29 is 19.7 Å². The third-order valence-corrected chi connectivity index (χ3v) is 4.07. The number of rotatable bonds is 10. The second-order valence-electron chi connectivity index (χ2n) is 6.03. The fourth-order valence-electron chi connectivity index (χ4n) is 2.88. The van der Waals surface area contributed by atoms with Gasteiger partial charge in [-0.15, -0.1) is 0 Å². The first-order valence-corrected chi connectivity index (χ1v) is 8.82. The molecule has 0 aromatic heterocycles. The topological polar surface area (TPSA) is 66.8 Å². The third-order valence-electron chi connectivity index (χ3n) is 4.07. The van der Waals surface area contributed by atoms with Gasteiger partial charge in [-0.25, -0.2) is 4.79 Å². The Morgan fingerprint density at radius 3 is 2.22 bits per heavy atom. The van der Waals surface area contributed by atoms with E-state index in [-0.39, 0.29) is 11.5 Å². The highest BCUT2D eigenvalue weighted by Crippen LogP contribution is 2.39. The van der Waals surface area contributed by atoms with E-state index < -0.39 is 6.16 Å². The van der Waals surface area contributed by atoms with Crippen LogP contribution >= 0.6 is 0 Å². The van der Waals surface area contributed by atoms with Crippen molar-refractivity contribution in [1.29, 1.82) is 0 Å². The molecular weight excluding hydrogens is 292 g/mol. The van der Waals surface area contributed by atoms with E-state index in [2.05, 4.69) is 13.8 Å². The van der Waals surface area contributed by atoms with Crippen LogP contribution in [-0.4, -0.2) is 16.4 Å². The number of carboxylic acid groups (broad SMARTS) is 1. The highest BCUT2D eigenvalue weighted by molar-refractivity contribution is 5.66. The second kappa shape index (κ2) is 10.1. The van der Waals surface area contributed by atoms with Crippen molar-refractivity contribution in [3.05, 3.63) is 22.8 Å². The van der Waals surface area contributed by atoms with Crippen molar-refractivity contribution in [3.63, 3.8) is 0 Å². The number of unbranched alkanes of at least 4 members (excludes halogenated alkanes) is 3. The van der Waals surface area contributed by atoms with Gasteiger partial charge in [0.25, 0.3) is 0 Å². The van der Waals surface area contributed by atoms with E-state index in [4.69, 9.17) is 9.84 Å². The lowest BCUT2D eigenvalue weighted by atomic mass is 9.92. The summed E-state index contributed by atoms with van der Waals surface area (Å²) in [5.74, 6) is 0.156. The van der Waals surface area contributed by atoms with Gasteiger partial charge in [0.2, 0.25) is 0 Å². The summed E-state index contributed by atoms with van der Waals surface area (Å²) in [6, 6.07) is 2.04. The van der Waals surface area contributed by atoms with Gasteiger partial charge >= 0.3 is 6.16 Å². The average molecular weight is 322 g/mol. The molecular formula is C19H30O4. The molecule has 0 unspecified atom stereocenters. The van der Waals surface area contributed by atoms with Crippen LogP contribution < -0.4 is 4.74 Å². The van der Waals surface area contributed by atoms with E-state index in [9.17, 15) is 9.90 Å². The first-order valence-electron chi connectivity index (χ1n) is 8.82. The Kier molecular flexibility index (Phi) is 8.52. The summed E-state index contributed by atoms with van der Waals surface area (Å²) < 4.78 is 4.90. The molecule has 1 aromatic carbocycles. The molecule has 0 heterocycles. The maximum absolute atomic E-state index is 11.0. The van der Waals surface area contributed by atoms with Crippen LogP contribution in [0.1, 0.15) is 76.0 Å². The van der Waals surface area contributed by atoms with Crippen LogP contribution in [0.25, 0.3) is 0 Å². The van der Waals surface area contributed by atoms with E-state index in [1.54, 1.807) is 0 Å². The van der Waals surface area contributed by atoms with Gasteiger partial charge in [0, 0.05) is 5.56 Å². The van der Waals surface area contributed by atoms with E-state index in [0.717, 1.165) is 68.1 Å². The Bertz CT molecular complexity index is 509. The Morgan fingerprint density at radius 2 is 1.65 bits per heavy atom. The standard InChI is InChI=1S/C19H30O4/c1-4-7-9-11-14-13-15(10-6-3)18(23-19(21)22)17(20)16(14)12-8-5-2/h13,20H,4-12H2,1-3H3,(H,21,22). The molecule has 0 aliphatic rings. The summed E-state index contributed by atoms with van der Waals surface area (Å²) in [6.45, 7) is 6.30. The van der Waals surface area contributed by atoms with Crippen molar-refractivity contribution in [1.82, 2.24) is 0 Å².